The highest BCUT2D eigenvalue weighted by Gasteiger charge is 2.41. The summed E-state index contributed by atoms with van der Waals surface area (Å²) in [6, 6.07) is 86.2. The molecule has 13 rings (SSSR count). The normalized spacial score (nSPS) is 16.2. The van der Waals surface area contributed by atoms with Crippen LogP contribution in [0.4, 0.5) is 17.1 Å². The van der Waals surface area contributed by atoms with E-state index in [0.29, 0.717) is 0 Å². The molecule has 0 saturated carbocycles. The van der Waals surface area contributed by atoms with Crippen molar-refractivity contribution in [3.8, 4) is 66.8 Å². The minimum atomic E-state index is -0.253. The molecule has 0 heterocycles. The van der Waals surface area contributed by atoms with Crippen LogP contribution in [0.1, 0.15) is 73.6 Å². The van der Waals surface area contributed by atoms with Gasteiger partial charge >= 0.3 is 0 Å². The number of benzene rings is 10. The van der Waals surface area contributed by atoms with Crippen LogP contribution in [0.3, 0.4) is 0 Å². The lowest BCUT2D eigenvalue weighted by atomic mass is 9.74. The van der Waals surface area contributed by atoms with E-state index in [2.05, 4.69) is 270 Å². The van der Waals surface area contributed by atoms with Crippen molar-refractivity contribution in [3.05, 3.63) is 269 Å². The summed E-state index contributed by atoms with van der Waals surface area (Å²) in [5.41, 5.74) is 27.8. The van der Waals surface area contributed by atoms with Crippen molar-refractivity contribution in [1.82, 2.24) is 0 Å². The first-order chi connectivity index (χ1) is 33.6. The number of fused-ring (bicyclic) bond motifs is 9. The first-order valence-electron chi connectivity index (χ1n) is 24.5. The Bertz CT molecular complexity index is 3670. The van der Waals surface area contributed by atoms with E-state index in [1.165, 1.54) is 106 Å². The molecule has 0 spiro atoms. The number of hydrogen-bond donors (Lipinski definition) is 0. The van der Waals surface area contributed by atoms with Crippen molar-refractivity contribution in [2.75, 3.05) is 4.90 Å². The molecular weight excluding hydrogens is 831 g/mol. The molecule has 1 heteroatoms. The molecule has 3 aliphatic carbocycles. The molecule has 10 aromatic rings. The lowest BCUT2D eigenvalue weighted by molar-refractivity contribution is 0.660. The van der Waals surface area contributed by atoms with Gasteiger partial charge in [0.2, 0.25) is 0 Å². The number of rotatable bonds is 7. The van der Waals surface area contributed by atoms with Crippen LogP contribution in [0.25, 0.3) is 66.8 Å². The fraction of sp³-hybridized carbons (Fsp3) is 0.118. The lowest BCUT2D eigenvalue weighted by Crippen LogP contribution is -2.22. The van der Waals surface area contributed by atoms with E-state index in [4.69, 9.17) is 0 Å². The van der Waals surface area contributed by atoms with E-state index in [1.54, 1.807) is 0 Å². The third-order valence-electron chi connectivity index (χ3n) is 16.2. The van der Waals surface area contributed by atoms with Gasteiger partial charge in [-0.3, -0.25) is 0 Å². The van der Waals surface area contributed by atoms with E-state index < -0.39 is 0 Å². The predicted molar refractivity (Wildman–Crippen MR) is 290 cm³/mol. The Morgan fingerprint density at radius 1 is 0.261 bits per heavy atom. The zero-order valence-corrected chi connectivity index (χ0v) is 39.9. The van der Waals surface area contributed by atoms with Crippen molar-refractivity contribution in [2.24, 2.45) is 0 Å². The molecule has 0 N–H and O–H groups in total. The van der Waals surface area contributed by atoms with Crippen LogP contribution in [0, 0.1) is 0 Å². The Balaban J connectivity index is 0.905. The van der Waals surface area contributed by atoms with Crippen molar-refractivity contribution in [3.63, 3.8) is 0 Å². The maximum absolute atomic E-state index is 2.44. The van der Waals surface area contributed by atoms with Gasteiger partial charge in [0.1, 0.15) is 0 Å². The molecule has 10 aromatic carbocycles. The summed E-state index contributed by atoms with van der Waals surface area (Å²) in [5, 5.41) is 0. The molecule has 0 amide bonds. The fourth-order valence-corrected chi connectivity index (χ4v) is 12.7. The monoisotopic (exact) mass is 883 g/mol. The summed E-state index contributed by atoms with van der Waals surface area (Å²) in [7, 11) is 0. The molecule has 0 aliphatic heterocycles. The molecule has 0 saturated heterocycles. The molecule has 1 unspecified atom stereocenters. The van der Waals surface area contributed by atoms with Gasteiger partial charge in [-0.25, -0.2) is 0 Å². The highest BCUT2D eigenvalue weighted by atomic mass is 15.1. The Morgan fingerprint density at radius 2 is 0.696 bits per heavy atom. The summed E-state index contributed by atoms with van der Waals surface area (Å²) >= 11 is 0. The standard InChI is InChI=1S/C68H53N/c1-66(2)60-27-14-11-22-53(60)56-41-39-50(43-63(56)66)69(48-35-30-44(31-36-48)46-34-40-57-54-23-13-16-29-62(54)68(5,64(57)42-46)47-18-7-6-8-19-47)49-37-32-45(33-38-49)51-20-9-10-21-52(51)58-25-17-26-59-55-24-12-15-28-61(55)67(3,4)65(58)59/h6-43H,1-5H3. The molecule has 330 valence electrons. The summed E-state index contributed by atoms with van der Waals surface area (Å²) < 4.78 is 0. The van der Waals surface area contributed by atoms with Crippen LogP contribution in [0.15, 0.2) is 231 Å². The molecule has 1 atom stereocenters. The van der Waals surface area contributed by atoms with E-state index in [9.17, 15) is 0 Å². The van der Waals surface area contributed by atoms with Crippen molar-refractivity contribution in [1.29, 1.82) is 0 Å². The van der Waals surface area contributed by atoms with Gasteiger partial charge in [0.05, 0.1) is 0 Å². The van der Waals surface area contributed by atoms with Gasteiger partial charge in [0, 0.05) is 33.3 Å². The Morgan fingerprint density at radius 3 is 1.36 bits per heavy atom. The van der Waals surface area contributed by atoms with Gasteiger partial charge in [-0.05, 0) is 155 Å². The fourth-order valence-electron chi connectivity index (χ4n) is 12.7. The van der Waals surface area contributed by atoms with E-state index in [0.717, 1.165) is 17.1 Å². The van der Waals surface area contributed by atoms with Crippen LogP contribution in [0.5, 0.6) is 0 Å². The summed E-state index contributed by atoms with van der Waals surface area (Å²) in [4.78, 5) is 2.44. The van der Waals surface area contributed by atoms with Gasteiger partial charge < -0.3 is 4.90 Å². The highest BCUT2D eigenvalue weighted by molar-refractivity contribution is 5.94. The van der Waals surface area contributed by atoms with Gasteiger partial charge in [0.15, 0.2) is 0 Å². The Labute approximate surface area is 407 Å². The third kappa shape index (κ3) is 6.09. The molecule has 3 aliphatic rings. The minimum absolute atomic E-state index is 0.115. The van der Waals surface area contributed by atoms with Crippen LogP contribution in [-0.2, 0) is 16.2 Å². The van der Waals surface area contributed by atoms with Crippen molar-refractivity contribution >= 4 is 17.1 Å². The molecule has 0 fully saturated rings. The van der Waals surface area contributed by atoms with E-state index in [-0.39, 0.29) is 16.2 Å². The quantitative estimate of drug-likeness (QED) is 0.154. The topological polar surface area (TPSA) is 3.24 Å². The molecule has 69 heavy (non-hydrogen) atoms. The van der Waals surface area contributed by atoms with Gasteiger partial charge in [-0.1, -0.05) is 216 Å². The van der Waals surface area contributed by atoms with Crippen LogP contribution in [0.2, 0.25) is 0 Å². The number of hydrogen-bond acceptors (Lipinski definition) is 1. The summed E-state index contributed by atoms with van der Waals surface area (Å²) in [6.07, 6.45) is 0. The average molecular weight is 884 g/mol. The second-order valence-electron chi connectivity index (χ2n) is 20.6. The third-order valence-corrected chi connectivity index (χ3v) is 16.2. The first-order valence-corrected chi connectivity index (χ1v) is 24.5. The maximum Gasteiger partial charge on any atom is 0.0465 e. The van der Waals surface area contributed by atoms with Crippen LogP contribution >= 0.6 is 0 Å². The summed E-state index contributed by atoms with van der Waals surface area (Å²) in [5.74, 6) is 0. The van der Waals surface area contributed by atoms with Crippen molar-refractivity contribution < 1.29 is 0 Å². The van der Waals surface area contributed by atoms with E-state index >= 15 is 0 Å². The van der Waals surface area contributed by atoms with Gasteiger partial charge in [-0.2, -0.15) is 0 Å². The molecular formula is C68H53N. The Kier molecular flexibility index (Phi) is 9.11. The second kappa shape index (κ2) is 15.3. The molecule has 0 bridgehead atoms. The zero-order chi connectivity index (χ0) is 46.6. The molecule has 0 aromatic heterocycles. The predicted octanol–water partition coefficient (Wildman–Crippen LogP) is 18.1. The van der Waals surface area contributed by atoms with Gasteiger partial charge in [-0.15, -0.1) is 0 Å². The highest BCUT2D eigenvalue weighted by Crippen LogP contribution is 2.56. The number of nitrogens with zero attached hydrogens (tertiary/aromatic N) is 1. The second-order valence-corrected chi connectivity index (χ2v) is 20.6. The zero-order valence-electron chi connectivity index (χ0n) is 39.9. The molecule has 1 nitrogen and oxygen atoms in total. The molecule has 0 radical (unpaired) electrons. The first kappa shape index (κ1) is 41.2. The number of anilines is 3. The van der Waals surface area contributed by atoms with Crippen LogP contribution < -0.4 is 4.90 Å². The van der Waals surface area contributed by atoms with Gasteiger partial charge in [0.25, 0.3) is 0 Å². The Hall–Kier alpha value is -8.00. The SMILES string of the molecule is CC1(C)c2ccccc2-c2ccc(N(c3ccc(-c4ccc5c(c4)C(C)(c4ccccc4)c4ccccc4-5)cc3)c3ccc(-c4ccccc4-c4cccc5c4C(C)(C)c4ccccc4-5)cc3)cc21. The van der Waals surface area contributed by atoms with Crippen LogP contribution in [-0.4, -0.2) is 0 Å². The summed E-state index contributed by atoms with van der Waals surface area (Å²) in [6.45, 7) is 11.9. The van der Waals surface area contributed by atoms with E-state index in [1.807, 2.05) is 0 Å². The largest absolute Gasteiger partial charge is 0.310 e. The van der Waals surface area contributed by atoms with Crippen molar-refractivity contribution in [2.45, 2.75) is 50.9 Å². The minimum Gasteiger partial charge on any atom is -0.310 e. The maximum atomic E-state index is 2.44. The lowest BCUT2D eigenvalue weighted by Gasteiger charge is -2.29. The smallest absolute Gasteiger partial charge is 0.0465 e. The average Bonchev–Trinajstić information content (AvgIpc) is 3.90.